The zero-order valence-corrected chi connectivity index (χ0v) is 29.1. The first-order chi connectivity index (χ1) is 22.8. The number of aliphatic hydroxyl groups excluding tert-OH is 1. The number of carbonyl (C=O) groups excluding carboxylic acids is 4. The molecule has 0 aromatic heterocycles. The van der Waals surface area contributed by atoms with Gasteiger partial charge >= 0.3 is 11.9 Å². The molecule has 2 aromatic carbocycles. The van der Waals surface area contributed by atoms with Crippen LogP contribution in [-0.2, 0) is 39.8 Å². The Morgan fingerprint density at radius 3 is 2.33 bits per heavy atom. The van der Waals surface area contributed by atoms with Crippen molar-refractivity contribution in [3.63, 3.8) is 0 Å². The van der Waals surface area contributed by atoms with Crippen LogP contribution < -0.4 is 15.4 Å². The molecular weight excluding hydrogens is 640 g/mol. The van der Waals surface area contributed by atoms with Crippen molar-refractivity contribution in [2.75, 3.05) is 20.8 Å². The molecule has 0 aliphatic carbocycles. The predicted molar refractivity (Wildman–Crippen MR) is 180 cm³/mol. The number of ether oxygens (including phenoxy) is 4. The summed E-state index contributed by atoms with van der Waals surface area (Å²) in [4.78, 5) is 53.1. The molecule has 0 saturated heterocycles. The van der Waals surface area contributed by atoms with Crippen molar-refractivity contribution in [1.82, 2.24) is 10.6 Å². The topological polar surface area (TPSA) is 149 Å². The maximum atomic E-state index is 13.5. The number of carbonyl (C=O) groups is 4. The smallest absolute Gasteiger partial charge is 0.347 e. The minimum absolute atomic E-state index is 0.0239. The van der Waals surface area contributed by atoms with Gasteiger partial charge in [0.2, 0.25) is 11.8 Å². The fraction of sp³-hybridized carbons (Fsp3) is 0.500. The zero-order chi connectivity index (χ0) is 35.4. The molecule has 1 aliphatic rings. The largest absolute Gasteiger partial charge is 0.495 e. The molecule has 2 amide bonds. The molecule has 0 spiro atoms. The number of methoxy groups -OCH3 is 2. The van der Waals surface area contributed by atoms with E-state index in [9.17, 15) is 24.3 Å². The maximum absolute atomic E-state index is 13.5. The van der Waals surface area contributed by atoms with E-state index in [-0.39, 0.29) is 31.7 Å². The summed E-state index contributed by atoms with van der Waals surface area (Å²) in [5.41, 5.74) is 1.40. The van der Waals surface area contributed by atoms with E-state index in [0.29, 0.717) is 16.3 Å². The zero-order valence-electron chi connectivity index (χ0n) is 28.3. The number of hydrogen-bond acceptors (Lipinski definition) is 9. The van der Waals surface area contributed by atoms with Crippen molar-refractivity contribution in [1.29, 1.82) is 0 Å². The maximum Gasteiger partial charge on any atom is 0.347 e. The molecule has 0 radical (unpaired) electrons. The molecule has 3 unspecified atom stereocenters. The van der Waals surface area contributed by atoms with Gasteiger partial charge in [-0.05, 0) is 41.7 Å². The van der Waals surface area contributed by atoms with Crippen LogP contribution in [0.5, 0.6) is 5.75 Å². The summed E-state index contributed by atoms with van der Waals surface area (Å²) in [6.07, 6.45) is -0.897. The lowest BCUT2D eigenvalue weighted by Crippen LogP contribution is -2.49. The highest BCUT2D eigenvalue weighted by atomic mass is 35.5. The highest BCUT2D eigenvalue weighted by Crippen LogP contribution is 2.30. The Labute approximate surface area is 287 Å². The predicted octanol–water partition coefficient (Wildman–Crippen LogP) is 4.34. The number of aliphatic hydroxyl groups is 1. The van der Waals surface area contributed by atoms with Crippen molar-refractivity contribution in [2.24, 2.45) is 17.8 Å². The van der Waals surface area contributed by atoms with E-state index in [1.54, 1.807) is 32.0 Å². The second-order valence-electron chi connectivity index (χ2n) is 12.5. The summed E-state index contributed by atoms with van der Waals surface area (Å²) in [7, 11) is 2.97. The van der Waals surface area contributed by atoms with Crippen LogP contribution in [0.1, 0.15) is 57.8 Å². The standard InChI is InChI=1S/C36H47ClN2O9/c1-21(2)17-30-36(44)47-28(23(4)32(41)33(46-6)25-11-8-7-9-12-25)13-10-14-31(40)39-27(34(42)38-20-22(3)35(43)48-30)19-24-15-16-29(45-5)26(37)18-24/h7-12,14-16,18,21-23,27-28,30,32-33,41H,13,17,19-20H2,1-6H3,(H,38,42)(H,39,40)/t22-,23+,27-,28?,30+,32?,33?/m1/s1. The molecule has 48 heavy (non-hydrogen) atoms. The van der Waals surface area contributed by atoms with E-state index in [4.69, 9.17) is 30.5 Å². The molecule has 11 nitrogen and oxygen atoms in total. The monoisotopic (exact) mass is 686 g/mol. The minimum atomic E-state index is -1.22. The minimum Gasteiger partial charge on any atom is -0.495 e. The van der Waals surface area contributed by atoms with Crippen LogP contribution >= 0.6 is 11.6 Å². The normalized spacial score (nSPS) is 23.4. The van der Waals surface area contributed by atoms with Crippen LogP contribution in [0.15, 0.2) is 60.7 Å². The summed E-state index contributed by atoms with van der Waals surface area (Å²) < 4.78 is 22.4. The Morgan fingerprint density at radius 1 is 1.00 bits per heavy atom. The third-order valence-electron chi connectivity index (χ3n) is 8.20. The van der Waals surface area contributed by atoms with Crippen molar-refractivity contribution < 1.29 is 43.2 Å². The Hall–Kier alpha value is -3.93. The van der Waals surface area contributed by atoms with Crippen molar-refractivity contribution in [2.45, 2.75) is 77.4 Å². The number of esters is 2. The quantitative estimate of drug-likeness (QED) is 0.310. The van der Waals surface area contributed by atoms with Gasteiger partial charge in [0.05, 0.1) is 24.2 Å². The molecule has 262 valence electrons. The summed E-state index contributed by atoms with van der Waals surface area (Å²) in [6.45, 7) is 6.95. The SMILES string of the molecule is COc1ccc(C[C@H]2NC(=O)C=CCC([C@H](C)C(O)C(OC)c3ccccc3)OC(=O)[C@H](CC(C)C)OC(=O)[C@H](C)CNC2=O)cc1Cl. The lowest BCUT2D eigenvalue weighted by atomic mass is 9.89. The Bertz CT molecular complexity index is 1420. The molecule has 0 saturated carbocycles. The number of amides is 2. The van der Waals surface area contributed by atoms with Gasteiger partial charge in [0, 0.05) is 32.4 Å². The Balaban J connectivity index is 1.94. The molecule has 2 aromatic rings. The number of benzene rings is 2. The highest BCUT2D eigenvalue weighted by molar-refractivity contribution is 6.32. The summed E-state index contributed by atoms with van der Waals surface area (Å²) >= 11 is 6.30. The van der Waals surface area contributed by atoms with E-state index in [2.05, 4.69) is 10.6 Å². The number of rotatable bonds is 10. The van der Waals surface area contributed by atoms with Gasteiger partial charge in [-0.1, -0.05) is 81.8 Å². The molecule has 3 rings (SSSR count). The third kappa shape index (κ3) is 11.1. The Kier molecular flexibility index (Phi) is 14.9. The van der Waals surface area contributed by atoms with Gasteiger partial charge in [-0.2, -0.15) is 0 Å². The third-order valence-corrected chi connectivity index (χ3v) is 8.50. The molecule has 1 aliphatic heterocycles. The second kappa shape index (κ2) is 18.6. The van der Waals surface area contributed by atoms with Crippen LogP contribution in [0, 0.1) is 17.8 Å². The fourth-order valence-electron chi connectivity index (χ4n) is 5.35. The van der Waals surface area contributed by atoms with Gasteiger partial charge in [-0.15, -0.1) is 0 Å². The first kappa shape index (κ1) is 38.5. The highest BCUT2D eigenvalue weighted by Gasteiger charge is 2.36. The second-order valence-corrected chi connectivity index (χ2v) is 12.9. The number of hydrogen-bond donors (Lipinski definition) is 3. The number of halogens is 1. The van der Waals surface area contributed by atoms with E-state index in [0.717, 1.165) is 5.56 Å². The van der Waals surface area contributed by atoms with Gasteiger partial charge in [0.1, 0.15) is 24.0 Å². The number of nitrogens with one attached hydrogen (secondary N) is 2. The van der Waals surface area contributed by atoms with Crippen LogP contribution in [-0.4, -0.2) is 74.0 Å². The summed E-state index contributed by atoms with van der Waals surface area (Å²) in [5, 5.41) is 17.2. The van der Waals surface area contributed by atoms with E-state index < -0.39 is 66.0 Å². The summed E-state index contributed by atoms with van der Waals surface area (Å²) in [5.74, 6) is -3.61. The van der Waals surface area contributed by atoms with Crippen LogP contribution in [0.25, 0.3) is 0 Å². The molecule has 3 N–H and O–H groups in total. The van der Waals surface area contributed by atoms with Crippen molar-refractivity contribution in [3.05, 3.63) is 76.8 Å². The average molecular weight is 687 g/mol. The molecule has 1 heterocycles. The van der Waals surface area contributed by atoms with Crippen molar-refractivity contribution in [3.8, 4) is 5.75 Å². The van der Waals surface area contributed by atoms with Gasteiger partial charge < -0.3 is 34.7 Å². The van der Waals surface area contributed by atoms with Crippen molar-refractivity contribution >= 4 is 35.4 Å². The number of cyclic esters (lactones) is 2. The lowest BCUT2D eigenvalue weighted by Gasteiger charge is -2.33. The van der Waals surface area contributed by atoms with Gasteiger partial charge in [-0.3, -0.25) is 14.4 Å². The van der Waals surface area contributed by atoms with E-state index in [1.165, 1.54) is 26.4 Å². The molecule has 7 atom stereocenters. The fourth-order valence-corrected chi connectivity index (χ4v) is 5.63. The average Bonchev–Trinajstić information content (AvgIpc) is 3.05. The van der Waals surface area contributed by atoms with Crippen LogP contribution in [0.3, 0.4) is 0 Å². The van der Waals surface area contributed by atoms with Gasteiger partial charge in [0.25, 0.3) is 0 Å². The molecule has 0 bridgehead atoms. The Morgan fingerprint density at radius 2 is 1.71 bits per heavy atom. The van der Waals surface area contributed by atoms with E-state index >= 15 is 0 Å². The van der Waals surface area contributed by atoms with Crippen LogP contribution in [0.2, 0.25) is 5.02 Å². The molecular formula is C36H47ClN2O9. The van der Waals surface area contributed by atoms with Gasteiger partial charge in [0.15, 0.2) is 6.10 Å². The lowest BCUT2D eigenvalue weighted by molar-refractivity contribution is -0.178. The van der Waals surface area contributed by atoms with Crippen LogP contribution in [0.4, 0.5) is 0 Å². The molecule has 0 fully saturated rings. The first-order valence-electron chi connectivity index (χ1n) is 16.1. The summed E-state index contributed by atoms with van der Waals surface area (Å²) in [6, 6.07) is 13.2. The molecule has 12 heteroatoms. The first-order valence-corrected chi connectivity index (χ1v) is 16.5. The van der Waals surface area contributed by atoms with E-state index in [1.807, 2.05) is 44.2 Å². The van der Waals surface area contributed by atoms with Gasteiger partial charge in [-0.25, -0.2) is 4.79 Å².